The fourth-order valence-corrected chi connectivity index (χ4v) is 4.69. The lowest BCUT2D eigenvalue weighted by Gasteiger charge is -2.32. The minimum atomic E-state index is -1.07. The molecule has 10 nitrogen and oxygen atoms in total. The number of rotatable bonds is 17. The number of allylic oxidation sites excluding steroid dienone is 1. The molecule has 0 spiro atoms. The van der Waals surface area contributed by atoms with Crippen LogP contribution in [0.4, 0.5) is 4.79 Å². The van der Waals surface area contributed by atoms with Gasteiger partial charge in [-0.25, -0.2) is 4.79 Å². The Morgan fingerprint density at radius 1 is 0.829 bits per heavy atom. The van der Waals surface area contributed by atoms with Crippen LogP contribution in [0.5, 0.6) is 0 Å². The molecule has 3 atom stereocenters. The van der Waals surface area contributed by atoms with Crippen LogP contribution >= 0.6 is 0 Å². The van der Waals surface area contributed by atoms with E-state index in [0.29, 0.717) is 25.7 Å². The molecule has 1 aliphatic carbocycles. The second kappa shape index (κ2) is 18.3. The molecular formula is C31H52N4O6. The van der Waals surface area contributed by atoms with Crippen molar-refractivity contribution in [1.29, 1.82) is 0 Å². The van der Waals surface area contributed by atoms with Crippen LogP contribution in [0.3, 0.4) is 0 Å². The maximum Gasteiger partial charge on any atom is 0.408 e. The summed E-state index contributed by atoms with van der Waals surface area (Å²) >= 11 is 0. The predicted molar refractivity (Wildman–Crippen MR) is 160 cm³/mol. The molecule has 0 aromatic heterocycles. The molecule has 1 unspecified atom stereocenters. The average Bonchev–Trinajstić information content (AvgIpc) is 2.90. The number of carbonyl (C=O) groups is 5. The number of alkyl carbamates (subject to hydrolysis) is 1. The molecule has 1 rings (SSSR count). The first-order chi connectivity index (χ1) is 19.3. The van der Waals surface area contributed by atoms with E-state index in [1.54, 1.807) is 32.9 Å². The molecule has 0 aliphatic heterocycles. The lowest BCUT2D eigenvalue weighted by atomic mass is 9.83. The van der Waals surface area contributed by atoms with Gasteiger partial charge in [-0.2, -0.15) is 0 Å². The summed E-state index contributed by atoms with van der Waals surface area (Å²) in [6.07, 6.45) is 9.12. The van der Waals surface area contributed by atoms with Gasteiger partial charge in [0.15, 0.2) is 0 Å². The topological polar surface area (TPSA) is 143 Å². The summed E-state index contributed by atoms with van der Waals surface area (Å²) < 4.78 is 5.42. The summed E-state index contributed by atoms with van der Waals surface area (Å²) in [6.45, 7) is 16.8. The number of ether oxygens (including phenoxy) is 1. The molecule has 0 saturated heterocycles. The maximum absolute atomic E-state index is 13.6. The second-order valence-corrected chi connectivity index (χ2v) is 12.2. The molecule has 0 heterocycles. The fourth-order valence-electron chi connectivity index (χ4n) is 4.69. The van der Waals surface area contributed by atoms with Crippen LogP contribution in [0.2, 0.25) is 0 Å². The molecule has 0 bridgehead atoms. The van der Waals surface area contributed by atoms with Crippen molar-refractivity contribution in [3.05, 3.63) is 25.3 Å². The first-order valence-corrected chi connectivity index (χ1v) is 14.9. The number of hydrogen-bond acceptors (Lipinski definition) is 6. The zero-order valence-electron chi connectivity index (χ0n) is 25.7. The van der Waals surface area contributed by atoms with Crippen LogP contribution in [0.1, 0.15) is 98.8 Å². The quantitative estimate of drug-likeness (QED) is 0.117. The summed E-state index contributed by atoms with van der Waals surface area (Å²) in [5, 5.41) is 10.8. The Morgan fingerprint density at radius 2 is 1.44 bits per heavy atom. The van der Waals surface area contributed by atoms with Crippen molar-refractivity contribution in [2.45, 2.75) is 123 Å². The van der Waals surface area contributed by atoms with Crippen molar-refractivity contribution < 1.29 is 28.7 Å². The molecule has 0 aromatic rings. The molecule has 1 fully saturated rings. The number of carbonyl (C=O) groups excluding carboxylic acids is 5. The Kier molecular flexibility index (Phi) is 16.0. The molecule has 41 heavy (non-hydrogen) atoms. The molecule has 4 amide bonds. The minimum absolute atomic E-state index is 0.0914. The number of amides is 4. The van der Waals surface area contributed by atoms with Crippen LogP contribution in [-0.2, 0) is 23.9 Å². The molecule has 1 saturated carbocycles. The van der Waals surface area contributed by atoms with Gasteiger partial charge in [0.25, 0.3) is 5.91 Å². The van der Waals surface area contributed by atoms with Gasteiger partial charge in [0.1, 0.15) is 17.7 Å². The maximum atomic E-state index is 13.6. The highest BCUT2D eigenvalue weighted by atomic mass is 16.6. The Labute approximate surface area is 245 Å². The van der Waals surface area contributed by atoms with Crippen LogP contribution < -0.4 is 21.3 Å². The summed E-state index contributed by atoms with van der Waals surface area (Å²) in [5.74, 6) is -2.41. The van der Waals surface area contributed by atoms with E-state index in [4.69, 9.17) is 4.74 Å². The molecule has 232 valence electrons. The van der Waals surface area contributed by atoms with E-state index in [9.17, 15) is 24.0 Å². The number of ketones is 1. The predicted octanol–water partition coefficient (Wildman–Crippen LogP) is 4.09. The van der Waals surface area contributed by atoms with Crippen LogP contribution in [0.25, 0.3) is 0 Å². The zero-order valence-corrected chi connectivity index (χ0v) is 25.7. The SMILES string of the molecule is C=CCCNC(=O)C(=O)C(CCC=C)NC(=O)[C@H](CCC(C)C)NC(=O)[C@@H](NC(=O)OC(C)(C)C)C1CCCCC1. The van der Waals surface area contributed by atoms with Crippen molar-refractivity contribution in [2.24, 2.45) is 11.8 Å². The zero-order chi connectivity index (χ0) is 31.0. The summed E-state index contributed by atoms with van der Waals surface area (Å²) in [6, 6.07) is -2.90. The molecule has 4 N–H and O–H groups in total. The summed E-state index contributed by atoms with van der Waals surface area (Å²) in [5.41, 5.74) is -0.734. The van der Waals surface area contributed by atoms with Gasteiger partial charge in [-0.05, 0) is 77.6 Å². The smallest absolute Gasteiger partial charge is 0.408 e. The van der Waals surface area contributed by atoms with Gasteiger partial charge in [-0.15, -0.1) is 13.2 Å². The number of Topliss-reactive ketones (excluding diaryl/α,β-unsaturated/α-hetero) is 1. The molecule has 0 radical (unpaired) electrons. The first kappa shape index (κ1) is 35.9. The Hall–Kier alpha value is -3.17. The van der Waals surface area contributed by atoms with E-state index in [1.807, 2.05) is 13.8 Å². The van der Waals surface area contributed by atoms with Gasteiger partial charge >= 0.3 is 6.09 Å². The van der Waals surface area contributed by atoms with E-state index in [0.717, 1.165) is 32.1 Å². The number of hydrogen-bond donors (Lipinski definition) is 4. The third-order valence-corrected chi connectivity index (χ3v) is 6.89. The van der Waals surface area contributed by atoms with Crippen molar-refractivity contribution >= 4 is 29.6 Å². The van der Waals surface area contributed by atoms with E-state index in [1.165, 1.54) is 0 Å². The van der Waals surface area contributed by atoms with Gasteiger partial charge in [-0.3, -0.25) is 19.2 Å². The Bertz CT molecular complexity index is 905. The first-order valence-electron chi connectivity index (χ1n) is 14.9. The normalized spacial score (nSPS) is 16.0. The highest BCUT2D eigenvalue weighted by Crippen LogP contribution is 2.27. The summed E-state index contributed by atoms with van der Waals surface area (Å²) in [4.78, 5) is 65.1. The Morgan fingerprint density at radius 3 is 2.00 bits per heavy atom. The van der Waals surface area contributed by atoms with Gasteiger partial charge < -0.3 is 26.0 Å². The Balaban J connectivity index is 3.13. The van der Waals surface area contributed by atoms with Crippen molar-refractivity contribution in [3.8, 4) is 0 Å². The van der Waals surface area contributed by atoms with Crippen molar-refractivity contribution in [1.82, 2.24) is 21.3 Å². The van der Waals surface area contributed by atoms with E-state index >= 15 is 0 Å². The van der Waals surface area contributed by atoms with Gasteiger partial charge in [-0.1, -0.05) is 45.3 Å². The molecule has 10 heteroatoms. The molecule has 0 aromatic carbocycles. The van der Waals surface area contributed by atoms with E-state index in [2.05, 4.69) is 34.4 Å². The van der Waals surface area contributed by atoms with E-state index in [-0.39, 0.29) is 24.8 Å². The highest BCUT2D eigenvalue weighted by Gasteiger charge is 2.35. The summed E-state index contributed by atoms with van der Waals surface area (Å²) in [7, 11) is 0. The van der Waals surface area contributed by atoms with E-state index < -0.39 is 53.3 Å². The van der Waals surface area contributed by atoms with Crippen molar-refractivity contribution in [3.63, 3.8) is 0 Å². The number of nitrogens with one attached hydrogen (secondary N) is 4. The monoisotopic (exact) mass is 576 g/mol. The highest BCUT2D eigenvalue weighted by molar-refractivity contribution is 6.38. The van der Waals surface area contributed by atoms with Gasteiger partial charge in [0.2, 0.25) is 17.6 Å². The van der Waals surface area contributed by atoms with Crippen LogP contribution in [0.15, 0.2) is 25.3 Å². The molecule has 1 aliphatic rings. The van der Waals surface area contributed by atoms with Crippen LogP contribution in [0, 0.1) is 11.8 Å². The largest absolute Gasteiger partial charge is 0.444 e. The van der Waals surface area contributed by atoms with Crippen molar-refractivity contribution in [2.75, 3.05) is 6.54 Å². The van der Waals surface area contributed by atoms with Gasteiger partial charge in [0, 0.05) is 6.54 Å². The van der Waals surface area contributed by atoms with Gasteiger partial charge in [0.05, 0.1) is 6.04 Å². The standard InChI is InChI=1S/C31H52N4O6/c1-8-10-17-23(26(36)29(39)32-20-11-9-2)33-27(37)24(19-18-21(3)4)34-28(38)25(22-15-13-12-14-16-22)35-30(40)41-31(5,6)7/h8-9,21-25H,1-2,10-20H2,3-7H3,(H,32,39)(H,33,37)(H,34,38)(H,35,40)/t23?,24-,25-/m0/s1. The second-order valence-electron chi connectivity index (χ2n) is 12.2. The lowest BCUT2D eigenvalue weighted by molar-refractivity contribution is -0.140. The van der Waals surface area contributed by atoms with Crippen LogP contribution in [-0.4, -0.2) is 59.9 Å². The fraction of sp³-hybridized carbons (Fsp3) is 0.710. The molecular weight excluding hydrogens is 524 g/mol. The average molecular weight is 577 g/mol. The third-order valence-electron chi connectivity index (χ3n) is 6.89. The third kappa shape index (κ3) is 14.3. The lowest BCUT2D eigenvalue weighted by Crippen LogP contribution is -2.58. The minimum Gasteiger partial charge on any atom is -0.444 e.